The van der Waals surface area contributed by atoms with Gasteiger partial charge in [0.15, 0.2) is 5.13 Å². The predicted molar refractivity (Wildman–Crippen MR) is 77.2 cm³/mol. The summed E-state index contributed by atoms with van der Waals surface area (Å²) in [6.45, 7) is 0. The van der Waals surface area contributed by atoms with Gasteiger partial charge in [0, 0.05) is 5.92 Å². The summed E-state index contributed by atoms with van der Waals surface area (Å²) in [4.78, 5) is 27.3. The second-order valence-electron chi connectivity index (χ2n) is 4.98. The molecule has 0 bridgehead atoms. The summed E-state index contributed by atoms with van der Waals surface area (Å²) >= 11 is 1.31. The minimum absolute atomic E-state index is 0.0278. The number of fused-ring (bicyclic) bond motifs is 1. The Morgan fingerprint density at radius 2 is 2.05 bits per heavy atom. The van der Waals surface area contributed by atoms with Crippen LogP contribution in [0.5, 0.6) is 0 Å². The molecule has 5 nitrogen and oxygen atoms in total. The predicted octanol–water partition coefficient (Wildman–Crippen LogP) is 3.12. The van der Waals surface area contributed by atoms with E-state index in [1.807, 2.05) is 0 Å². The Hall–Kier alpha value is -1.95. The van der Waals surface area contributed by atoms with Gasteiger partial charge in [0.1, 0.15) is 0 Å². The summed E-state index contributed by atoms with van der Waals surface area (Å²) in [5.74, 6) is -0.839. The van der Waals surface area contributed by atoms with E-state index in [2.05, 4.69) is 10.3 Å². The van der Waals surface area contributed by atoms with Gasteiger partial charge in [-0.3, -0.25) is 4.79 Å². The van der Waals surface area contributed by atoms with Gasteiger partial charge in [0.05, 0.1) is 15.8 Å². The molecule has 1 aliphatic rings. The fraction of sp³-hybridized carbons (Fsp3) is 0.357. The smallest absolute Gasteiger partial charge is 0.335 e. The standard InChI is InChI=1S/C14H14N2O3S/c17-12(8-3-1-2-4-8)16-14-15-10-6-5-9(13(18)19)7-11(10)20-14/h5-8H,1-4H2,(H,18,19)(H,15,16,17). The molecule has 0 saturated heterocycles. The number of aromatic carboxylic acids is 1. The van der Waals surface area contributed by atoms with E-state index in [0.717, 1.165) is 30.4 Å². The van der Waals surface area contributed by atoms with Crippen LogP contribution in [0.2, 0.25) is 0 Å². The van der Waals surface area contributed by atoms with Gasteiger partial charge in [-0.05, 0) is 31.0 Å². The van der Waals surface area contributed by atoms with E-state index < -0.39 is 5.97 Å². The number of nitrogens with one attached hydrogen (secondary N) is 1. The molecular weight excluding hydrogens is 276 g/mol. The quantitative estimate of drug-likeness (QED) is 0.910. The average Bonchev–Trinajstić information content (AvgIpc) is 3.06. The lowest BCUT2D eigenvalue weighted by atomic mass is 10.1. The van der Waals surface area contributed by atoms with Crippen LogP contribution >= 0.6 is 11.3 Å². The highest BCUT2D eigenvalue weighted by Gasteiger charge is 2.23. The van der Waals surface area contributed by atoms with Crippen molar-refractivity contribution in [1.82, 2.24) is 4.98 Å². The lowest BCUT2D eigenvalue weighted by molar-refractivity contribution is -0.119. The zero-order valence-corrected chi connectivity index (χ0v) is 11.6. The summed E-state index contributed by atoms with van der Waals surface area (Å²) in [6.07, 6.45) is 4.11. The lowest BCUT2D eigenvalue weighted by Gasteiger charge is -2.06. The molecule has 1 aliphatic carbocycles. The fourth-order valence-corrected chi connectivity index (χ4v) is 3.41. The third-order valence-electron chi connectivity index (χ3n) is 3.59. The maximum Gasteiger partial charge on any atom is 0.335 e. The molecule has 0 spiro atoms. The molecule has 1 saturated carbocycles. The van der Waals surface area contributed by atoms with E-state index in [4.69, 9.17) is 5.11 Å². The van der Waals surface area contributed by atoms with Crippen molar-refractivity contribution >= 4 is 38.6 Å². The SMILES string of the molecule is O=C(O)c1ccc2nc(NC(=O)C3CCCC3)sc2c1. The maximum absolute atomic E-state index is 12.0. The highest BCUT2D eigenvalue weighted by Crippen LogP contribution is 2.29. The number of carbonyl (C=O) groups excluding carboxylic acids is 1. The van der Waals surface area contributed by atoms with Gasteiger partial charge >= 0.3 is 5.97 Å². The second kappa shape index (κ2) is 5.20. The molecule has 6 heteroatoms. The molecular formula is C14H14N2O3S. The van der Waals surface area contributed by atoms with E-state index >= 15 is 0 Å². The second-order valence-corrected chi connectivity index (χ2v) is 6.01. The van der Waals surface area contributed by atoms with Crippen LogP contribution in [0.1, 0.15) is 36.0 Å². The number of aromatic nitrogens is 1. The van der Waals surface area contributed by atoms with E-state index in [1.54, 1.807) is 12.1 Å². The summed E-state index contributed by atoms with van der Waals surface area (Å²) in [5, 5.41) is 12.3. The van der Waals surface area contributed by atoms with E-state index in [0.29, 0.717) is 10.6 Å². The monoisotopic (exact) mass is 290 g/mol. The molecule has 104 valence electrons. The third kappa shape index (κ3) is 2.51. The number of hydrogen-bond donors (Lipinski definition) is 2. The molecule has 1 amide bonds. The molecule has 1 fully saturated rings. The molecule has 0 atom stereocenters. The van der Waals surface area contributed by atoms with Crippen LogP contribution in [-0.2, 0) is 4.79 Å². The molecule has 0 unspecified atom stereocenters. The molecule has 2 aromatic rings. The molecule has 1 aromatic heterocycles. The lowest BCUT2D eigenvalue weighted by Crippen LogP contribution is -2.19. The van der Waals surface area contributed by atoms with Crippen molar-refractivity contribution in [3.63, 3.8) is 0 Å². The summed E-state index contributed by atoms with van der Waals surface area (Å²) in [5.41, 5.74) is 0.941. The molecule has 2 N–H and O–H groups in total. The van der Waals surface area contributed by atoms with E-state index in [1.165, 1.54) is 17.4 Å². The van der Waals surface area contributed by atoms with E-state index in [9.17, 15) is 9.59 Å². The number of nitrogens with zero attached hydrogens (tertiary/aromatic N) is 1. The number of thiazole rings is 1. The van der Waals surface area contributed by atoms with Gasteiger partial charge in [-0.2, -0.15) is 0 Å². The first-order chi connectivity index (χ1) is 9.63. The summed E-state index contributed by atoms with van der Waals surface area (Å²) in [6, 6.07) is 4.77. The van der Waals surface area contributed by atoms with Crippen molar-refractivity contribution in [2.45, 2.75) is 25.7 Å². The molecule has 3 rings (SSSR count). The van der Waals surface area contributed by atoms with E-state index in [-0.39, 0.29) is 17.4 Å². The zero-order valence-electron chi connectivity index (χ0n) is 10.8. The molecule has 1 heterocycles. The Morgan fingerprint density at radius 3 is 2.75 bits per heavy atom. The van der Waals surface area contributed by atoms with Gasteiger partial charge in [-0.25, -0.2) is 9.78 Å². The van der Waals surface area contributed by atoms with Crippen LogP contribution in [-0.4, -0.2) is 22.0 Å². The Morgan fingerprint density at radius 1 is 1.30 bits per heavy atom. The minimum Gasteiger partial charge on any atom is -0.478 e. The highest BCUT2D eigenvalue weighted by molar-refractivity contribution is 7.22. The third-order valence-corrected chi connectivity index (χ3v) is 4.53. The largest absolute Gasteiger partial charge is 0.478 e. The van der Waals surface area contributed by atoms with Gasteiger partial charge in [-0.1, -0.05) is 24.2 Å². The van der Waals surface area contributed by atoms with Gasteiger partial charge < -0.3 is 10.4 Å². The van der Waals surface area contributed by atoms with Crippen LogP contribution in [0.15, 0.2) is 18.2 Å². The molecule has 20 heavy (non-hydrogen) atoms. The van der Waals surface area contributed by atoms with Crippen LogP contribution in [0.25, 0.3) is 10.2 Å². The number of hydrogen-bond acceptors (Lipinski definition) is 4. The van der Waals surface area contributed by atoms with Gasteiger partial charge in [0.2, 0.25) is 5.91 Å². The van der Waals surface area contributed by atoms with Crippen molar-refractivity contribution in [3.8, 4) is 0 Å². The highest BCUT2D eigenvalue weighted by atomic mass is 32.1. The number of anilines is 1. The first-order valence-corrected chi connectivity index (χ1v) is 7.40. The fourth-order valence-electron chi connectivity index (χ4n) is 2.51. The zero-order chi connectivity index (χ0) is 14.1. The number of amides is 1. The Labute approximate surface area is 119 Å². The maximum atomic E-state index is 12.0. The van der Waals surface area contributed by atoms with Crippen LogP contribution in [0.3, 0.4) is 0 Å². The Kier molecular flexibility index (Phi) is 3.40. The van der Waals surface area contributed by atoms with Crippen LogP contribution in [0.4, 0.5) is 5.13 Å². The van der Waals surface area contributed by atoms with Crippen molar-refractivity contribution in [1.29, 1.82) is 0 Å². The number of carboxylic acid groups (broad SMARTS) is 1. The number of carboxylic acids is 1. The topological polar surface area (TPSA) is 79.3 Å². The number of carbonyl (C=O) groups is 2. The van der Waals surface area contributed by atoms with Crippen LogP contribution in [0, 0.1) is 5.92 Å². The molecule has 0 radical (unpaired) electrons. The Balaban J connectivity index is 1.81. The first kappa shape index (κ1) is 13.1. The normalized spacial score (nSPS) is 15.6. The van der Waals surface area contributed by atoms with Crippen molar-refractivity contribution in [3.05, 3.63) is 23.8 Å². The first-order valence-electron chi connectivity index (χ1n) is 6.58. The number of benzene rings is 1. The Bertz CT molecular complexity index is 674. The van der Waals surface area contributed by atoms with Crippen LogP contribution < -0.4 is 5.32 Å². The van der Waals surface area contributed by atoms with Gasteiger partial charge in [-0.15, -0.1) is 0 Å². The van der Waals surface area contributed by atoms with Crippen molar-refractivity contribution in [2.24, 2.45) is 5.92 Å². The van der Waals surface area contributed by atoms with Crippen molar-refractivity contribution in [2.75, 3.05) is 5.32 Å². The summed E-state index contributed by atoms with van der Waals surface area (Å²) < 4.78 is 0.770. The van der Waals surface area contributed by atoms with Crippen molar-refractivity contribution < 1.29 is 14.7 Å². The number of rotatable bonds is 3. The van der Waals surface area contributed by atoms with Gasteiger partial charge in [0.25, 0.3) is 0 Å². The minimum atomic E-state index is -0.961. The molecule has 1 aromatic carbocycles. The molecule has 0 aliphatic heterocycles. The average molecular weight is 290 g/mol. The summed E-state index contributed by atoms with van der Waals surface area (Å²) in [7, 11) is 0.